The Morgan fingerprint density at radius 3 is 1.45 bits per heavy atom. The molecule has 0 radical (unpaired) electrons. The third-order valence-electron chi connectivity index (χ3n) is 14.0. The van der Waals surface area contributed by atoms with E-state index in [1.807, 2.05) is 0 Å². The molecular weight excluding hydrogens is 749 g/mol. The number of nitrogens with zero attached hydrogens (tertiary/aromatic N) is 2. The van der Waals surface area contributed by atoms with Crippen LogP contribution in [-0.4, -0.2) is 0 Å². The van der Waals surface area contributed by atoms with Gasteiger partial charge in [-0.05, 0) is 150 Å². The summed E-state index contributed by atoms with van der Waals surface area (Å²) < 4.78 is 0. The molecule has 0 unspecified atom stereocenters. The molecule has 0 fully saturated rings. The molecule has 296 valence electrons. The fourth-order valence-electron chi connectivity index (χ4n) is 10.8. The molecule has 10 aromatic rings. The lowest BCUT2D eigenvalue weighted by Gasteiger charge is -2.43. The van der Waals surface area contributed by atoms with Gasteiger partial charge < -0.3 is 9.80 Å². The molecule has 12 rings (SSSR count). The highest BCUT2D eigenvalue weighted by molar-refractivity contribution is 6.26. The molecule has 1 aliphatic heterocycles. The average molecular weight is 795 g/mol. The van der Waals surface area contributed by atoms with Gasteiger partial charge in [0.15, 0.2) is 0 Å². The SMILES string of the molecule is CC1(C)c2ccccc2-c2ccc(N3c4ccc(-c5ccc(N(c6ccccc6)c6ccccc6)cc5)cc4C(C)(C)c4cc5c6ccccc6c6ccccc6c5cc43)cc21. The minimum Gasteiger partial charge on any atom is -0.311 e. The monoisotopic (exact) mass is 794 g/mol. The van der Waals surface area contributed by atoms with E-state index in [1.165, 1.54) is 93.9 Å². The van der Waals surface area contributed by atoms with E-state index in [2.05, 4.69) is 244 Å². The number of benzene rings is 10. The maximum absolute atomic E-state index is 2.56. The van der Waals surface area contributed by atoms with Gasteiger partial charge in [0.2, 0.25) is 0 Å². The lowest BCUT2D eigenvalue weighted by atomic mass is 9.72. The van der Waals surface area contributed by atoms with Crippen molar-refractivity contribution in [2.45, 2.75) is 38.5 Å². The van der Waals surface area contributed by atoms with Crippen LogP contribution in [0.2, 0.25) is 0 Å². The Labute approximate surface area is 364 Å². The van der Waals surface area contributed by atoms with Crippen LogP contribution in [0, 0.1) is 0 Å². The smallest absolute Gasteiger partial charge is 0.0509 e. The van der Waals surface area contributed by atoms with Crippen molar-refractivity contribution >= 4 is 66.4 Å². The molecule has 0 bridgehead atoms. The number of hydrogen-bond donors (Lipinski definition) is 0. The molecule has 62 heavy (non-hydrogen) atoms. The number of anilines is 6. The zero-order valence-corrected chi connectivity index (χ0v) is 35.5. The van der Waals surface area contributed by atoms with Crippen LogP contribution in [0.5, 0.6) is 0 Å². The molecule has 0 spiro atoms. The van der Waals surface area contributed by atoms with Gasteiger partial charge in [0.05, 0.1) is 11.4 Å². The standard InChI is InChI=1S/C60H46N2/c1-59(2)53-26-16-15-25-49(53)50-33-32-44(36-54(50)59)62-57-34-29-40(39-27-30-43(31-28-39)61(41-17-7-5-8-18-41)42-19-9-6-10-20-42)35-55(57)60(3,4)56-37-51-47-23-13-11-21-45(47)46-22-12-14-24-48(46)52(51)38-58(56)62/h5-38H,1-4H3. The predicted molar refractivity (Wildman–Crippen MR) is 263 cm³/mol. The molecule has 0 saturated heterocycles. The van der Waals surface area contributed by atoms with Crippen LogP contribution in [0.1, 0.15) is 49.9 Å². The van der Waals surface area contributed by atoms with Crippen LogP contribution in [0.4, 0.5) is 34.1 Å². The third kappa shape index (κ3) is 5.36. The Bertz CT molecular complexity index is 3360. The summed E-state index contributed by atoms with van der Waals surface area (Å²) in [6, 6.07) is 76.5. The van der Waals surface area contributed by atoms with Crippen molar-refractivity contribution in [3.63, 3.8) is 0 Å². The molecule has 1 heterocycles. The van der Waals surface area contributed by atoms with Crippen molar-refractivity contribution in [1.82, 2.24) is 0 Å². The fraction of sp³-hybridized carbons (Fsp3) is 0.100. The van der Waals surface area contributed by atoms with Gasteiger partial charge in [-0.25, -0.2) is 0 Å². The summed E-state index contributed by atoms with van der Waals surface area (Å²) in [5.74, 6) is 0. The van der Waals surface area contributed by atoms with Crippen LogP contribution < -0.4 is 9.80 Å². The lowest BCUT2D eigenvalue weighted by Crippen LogP contribution is -2.31. The van der Waals surface area contributed by atoms with Crippen LogP contribution in [-0.2, 0) is 10.8 Å². The van der Waals surface area contributed by atoms with E-state index in [-0.39, 0.29) is 10.8 Å². The molecule has 2 aliphatic rings. The van der Waals surface area contributed by atoms with Gasteiger partial charge in [0.25, 0.3) is 0 Å². The number of para-hydroxylation sites is 2. The first-order chi connectivity index (χ1) is 30.3. The quantitative estimate of drug-likeness (QED) is 0.160. The van der Waals surface area contributed by atoms with Crippen molar-refractivity contribution < 1.29 is 0 Å². The highest BCUT2D eigenvalue weighted by Crippen LogP contribution is 2.57. The predicted octanol–water partition coefficient (Wildman–Crippen LogP) is 16.7. The minimum atomic E-state index is -0.304. The maximum atomic E-state index is 2.56. The van der Waals surface area contributed by atoms with E-state index < -0.39 is 0 Å². The Balaban J connectivity index is 1.05. The molecule has 2 nitrogen and oxygen atoms in total. The molecule has 0 atom stereocenters. The minimum absolute atomic E-state index is 0.117. The van der Waals surface area contributed by atoms with Crippen LogP contribution in [0.15, 0.2) is 206 Å². The zero-order chi connectivity index (χ0) is 41.7. The summed E-state index contributed by atoms with van der Waals surface area (Å²) >= 11 is 0. The van der Waals surface area contributed by atoms with Gasteiger partial charge in [-0.15, -0.1) is 0 Å². The summed E-state index contributed by atoms with van der Waals surface area (Å²) in [5.41, 5.74) is 17.1. The average Bonchev–Trinajstić information content (AvgIpc) is 3.55. The Hall–Kier alpha value is -7.42. The first kappa shape index (κ1) is 36.4. The largest absolute Gasteiger partial charge is 0.311 e. The van der Waals surface area contributed by atoms with Crippen LogP contribution >= 0.6 is 0 Å². The Morgan fingerprint density at radius 2 is 0.806 bits per heavy atom. The summed E-state index contributed by atoms with van der Waals surface area (Å²) in [7, 11) is 0. The Morgan fingerprint density at radius 1 is 0.323 bits per heavy atom. The topological polar surface area (TPSA) is 6.48 Å². The number of rotatable bonds is 5. The Kier molecular flexibility index (Phi) is 7.96. The van der Waals surface area contributed by atoms with Gasteiger partial charge >= 0.3 is 0 Å². The van der Waals surface area contributed by atoms with Gasteiger partial charge in [0.1, 0.15) is 0 Å². The summed E-state index contributed by atoms with van der Waals surface area (Å²) in [6.07, 6.45) is 0. The normalized spacial score (nSPS) is 14.4. The van der Waals surface area contributed by atoms with Crippen molar-refractivity contribution in [3.8, 4) is 22.3 Å². The molecule has 0 amide bonds. The molecule has 0 saturated carbocycles. The molecular formula is C60H46N2. The fourth-order valence-corrected chi connectivity index (χ4v) is 10.8. The summed E-state index contributed by atoms with van der Waals surface area (Å²) in [6.45, 7) is 9.60. The zero-order valence-electron chi connectivity index (χ0n) is 35.5. The van der Waals surface area contributed by atoms with Crippen molar-refractivity contribution in [2.24, 2.45) is 0 Å². The van der Waals surface area contributed by atoms with Crippen LogP contribution in [0.3, 0.4) is 0 Å². The highest BCUT2D eigenvalue weighted by atomic mass is 15.2. The van der Waals surface area contributed by atoms with Crippen molar-refractivity contribution in [2.75, 3.05) is 9.80 Å². The summed E-state index contributed by atoms with van der Waals surface area (Å²) in [4.78, 5) is 4.88. The van der Waals surface area contributed by atoms with Gasteiger partial charge in [0, 0.05) is 33.6 Å². The van der Waals surface area contributed by atoms with Gasteiger partial charge in [-0.2, -0.15) is 0 Å². The second-order valence-corrected chi connectivity index (χ2v) is 18.2. The van der Waals surface area contributed by atoms with E-state index in [0.29, 0.717) is 0 Å². The van der Waals surface area contributed by atoms with Crippen LogP contribution in [0.25, 0.3) is 54.6 Å². The molecule has 10 aromatic carbocycles. The molecule has 0 N–H and O–H groups in total. The summed E-state index contributed by atoms with van der Waals surface area (Å²) in [5, 5.41) is 7.76. The van der Waals surface area contributed by atoms with E-state index in [1.54, 1.807) is 0 Å². The van der Waals surface area contributed by atoms with Gasteiger partial charge in [-0.1, -0.05) is 161 Å². The number of hydrogen-bond acceptors (Lipinski definition) is 2. The van der Waals surface area contributed by atoms with Crippen molar-refractivity contribution in [1.29, 1.82) is 0 Å². The second-order valence-electron chi connectivity index (χ2n) is 18.2. The van der Waals surface area contributed by atoms with Crippen molar-refractivity contribution in [3.05, 3.63) is 229 Å². The lowest BCUT2D eigenvalue weighted by molar-refractivity contribution is 0.633. The second kappa shape index (κ2) is 13.5. The third-order valence-corrected chi connectivity index (χ3v) is 14.0. The van der Waals surface area contributed by atoms with Gasteiger partial charge in [-0.3, -0.25) is 0 Å². The molecule has 0 aromatic heterocycles. The molecule has 2 heteroatoms. The maximum Gasteiger partial charge on any atom is 0.0509 e. The highest BCUT2D eigenvalue weighted by Gasteiger charge is 2.40. The van der Waals surface area contributed by atoms with E-state index in [4.69, 9.17) is 0 Å². The van der Waals surface area contributed by atoms with E-state index >= 15 is 0 Å². The molecule has 1 aliphatic carbocycles. The first-order valence-electron chi connectivity index (χ1n) is 21.8. The van der Waals surface area contributed by atoms with E-state index in [9.17, 15) is 0 Å². The van der Waals surface area contributed by atoms with E-state index in [0.717, 1.165) is 17.1 Å². The first-order valence-corrected chi connectivity index (χ1v) is 21.8. The number of fused-ring (bicyclic) bond motifs is 11.